The zero-order chi connectivity index (χ0) is 47.0. The molecule has 0 bridgehead atoms. The van der Waals surface area contributed by atoms with Gasteiger partial charge in [-0.2, -0.15) is 0 Å². The SMILES string of the molecule is CC(C)CCCCCCCCCCCCCCCCCC(=O)OC[C@@H](COC(=O)CCCCCCCCCCCCCCC(C)C)OC(=O)CCCCCCCCCCCCC(C)C. The summed E-state index contributed by atoms with van der Waals surface area (Å²) in [6, 6.07) is 0. The fraction of sp³-hybridized carbons (Fsp3) is 0.948. The van der Waals surface area contributed by atoms with Crippen LogP contribution >= 0.6 is 0 Å². The first kappa shape index (κ1) is 62.4. The van der Waals surface area contributed by atoms with Crippen molar-refractivity contribution in [2.45, 2.75) is 324 Å². The molecule has 0 rings (SSSR count). The van der Waals surface area contributed by atoms with Crippen molar-refractivity contribution < 1.29 is 28.6 Å². The van der Waals surface area contributed by atoms with Crippen LogP contribution in [0.25, 0.3) is 0 Å². The first-order valence-corrected chi connectivity index (χ1v) is 28.6. The van der Waals surface area contributed by atoms with Gasteiger partial charge in [0.15, 0.2) is 6.10 Å². The number of carbonyl (C=O) groups is 3. The van der Waals surface area contributed by atoms with E-state index in [0.29, 0.717) is 19.3 Å². The zero-order valence-corrected chi connectivity index (χ0v) is 44.1. The second kappa shape index (κ2) is 49.3. The molecule has 0 aromatic carbocycles. The largest absolute Gasteiger partial charge is 0.462 e. The molecule has 0 aliphatic rings. The quantitative estimate of drug-likeness (QED) is 0.0344. The highest BCUT2D eigenvalue weighted by Gasteiger charge is 2.19. The Morgan fingerprint density at radius 1 is 0.266 bits per heavy atom. The topological polar surface area (TPSA) is 78.9 Å². The maximum atomic E-state index is 12.8. The van der Waals surface area contributed by atoms with E-state index in [4.69, 9.17) is 14.2 Å². The highest BCUT2D eigenvalue weighted by atomic mass is 16.6. The van der Waals surface area contributed by atoms with Crippen LogP contribution in [0.5, 0.6) is 0 Å². The van der Waals surface area contributed by atoms with Gasteiger partial charge in [-0.25, -0.2) is 0 Å². The van der Waals surface area contributed by atoms with Crippen molar-refractivity contribution in [3.63, 3.8) is 0 Å². The Morgan fingerprint density at radius 2 is 0.453 bits per heavy atom. The Bertz CT molecular complexity index is 991. The van der Waals surface area contributed by atoms with Gasteiger partial charge in [-0.3, -0.25) is 14.4 Å². The summed E-state index contributed by atoms with van der Waals surface area (Å²) in [7, 11) is 0. The molecule has 0 unspecified atom stereocenters. The number of carbonyl (C=O) groups excluding carboxylic acids is 3. The van der Waals surface area contributed by atoms with Crippen LogP contribution in [0.3, 0.4) is 0 Å². The first-order valence-electron chi connectivity index (χ1n) is 28.6. The molecular formula is C58H112O6. The third-order valence-electron chi connectivity index (χ3n) is 13.1. The summed E-state index contributed by atoms with van der Waals surface area (Å²) in [5.74, 6) is 1.65. The lowest BCUT2D eigenvalue weighted by atomic mass is 10.0. The molecule has 380 valence electrons. The normalized spacial score (nSPS) is 12.1. The van der Waals surface area contributed by atoms with E-state index >= 15 is 0 Å². The third-order valence-corrected chi connectivity index (χ3v) is 13.1. The fourth-order valence-electron chi connectivity index (χ4n) is 8.82. The molecule has 64 heavy (non-hydrogen) atoms. The lowest BCUT2D eigenvalue weighted by Gasteiger charge is -2.18. The van der Waals surface area contributed by atoms with Crippen molar-refractivity contribution in [1.82, 2.24) is 0 Å². The molecule has 0 fully saturated rings. The molecule has 0 aromatic rings. The fourth-order valence-corrected chi connectivity index (χ4v) is 8.82. The molecule has 0 aliphatic heterocycles. The molecule has 0 amide bonds. The summed E-state index contributed by atoms with van der Waals surface area (Å²) in [5.41, 5.74) is 0. The van der Waals surface area contributed by atoms with E-state index < -0.39 is 6.10 Å². The average Bonchev–Trinajstić information content (AvgIpc) is 3.25. The summed E-state index contributed by atoms with van der Waals surface area (Å²) >= 11 is 0. The van der Waals surface area contributed by atoms with Crippen molar-refractivity contribution in [3.05, 3.63) is 0 Å². The van der Waals surface area contributed by atoms with Crippen molar-refractivity contribution in [2.24, 2.45) is 17.8 Å². The lowest BCUT2D eigenvalue weighted by molar-refractivity contribution is -0.167. The van der Waals surface area contributed by atoms with Gasteiger partial charge in [-0.15, -0.1) is 0 Å². The Labute approximate surface area is 399 Å². The van der Waals surface area contributed by atoms with Crippen LogP contribution in [0, 0.1) is 17.8 Å². The van der Waals surface area contributed by atoms with Crippen LogP contribution in [0.2, 0.25) is 0 Å². The predicted molar refractivity (Wildman–Crippen MR) is 275 cm³/mol. The summed E-state index contributed by atoms with van der Waals surface area (Å²) in [6.07, 6.45) is 50.9. The number of ether oxygens (including phenoxy) is 3. The summed E-state index contributed by atoms with van der Waals surface area (Å²) < 4.78 is 16.9. The van der Waals surface area contributed by atoms with Gasteiger partial charge in [-0.05, 0) is 37.0 Å². The van der Waals surface area contributed by atoms with E-state index in [1.54, 1.807) is 0 Å². The number of unbranched alkanes of at least 4 members (excludes halogenated alkanes) is 34. The van der Waals surface area contributed by atoms with Gasteiger partial charge in [0.2, 0.25) is 0 Å². The van der Waals surface area contributed by atoms with Gasteiger partial charge >= 0.3 is 17.9 Å². The van der Waals surface area contributed by atoms with E-state index in [2.05, 4.69) is 41.5 Å². The zero-order valence-electron chi connectivity index (χ0n) is 44.1. The monoisotopic (exact) mass is 905 g/mol. The molecule has 0 N–H and O–H groups in total. The molecule has 0 heterocycles. The summed E-state index contributed by atoms with van der Waals surface area (Å²) in [6.45, 7) is 13.8. The Kier molecular flexibility index (Phi) is 48.1. The van der Waals surface area contributed by atoms with E-state index in [1.807, 2.05) is 0 Å². The van der Waals surface area contributed by atoms with Crippen LogP contribution in [-0.4, -0.2) is 37.2 Å². The maximum Gasteiger partial charge on any atom is 0.306 e. The summed E-state index contributed by atoms with van der Waals surface area (Å²) in [5, 5.41) is 0. The molecule has 6 nitrogen and oxygen atoms in total. The van der Waals surface area contributed by atoms with Crippen LogP contribution in [0.1, 0.15) is 318 Å². The molecule has 0 saturated carbocycles. The standard InChI is InChI=1S/C58H112O6/c1-52(2)44-38-32-26-20-14-10-8-7-9-11-16-23-29-35-41-47-56(59)62-50-55(64-58(61)49-43-37-31-25-19-18-22-28-34-40-46-54(5)6)51-63-57(60)48-42-36-30-24-17-13-12-15-21-27-33-39-45-53(3)4/h52-55H,7-51H2,1-6H3/t55-/m0/s1. The van der Waals surface area contributed by atoms with Gasteiger partial charge in [-0.1, -0.05) is 279 Å². The average molecular weight is 906 g/mol. The van der Waals surface area contributed by atoms with Crippen LogP contribution in [0.15, 0.2) is 0 Å². The van der Waals surface area contributed by atoms with E-state index in [9.17, 15) is 14.4 Å². The highest BCUT2D eigenvalue weighted by molar-refractivity contribution is 5.71. The van der Waals surface area contributed by atoms with E-state index in [-0.39, 0.29) is 31.1 Å². The second-order valence-corrected chi connectivity index (χ2v) is 21.4. The number of hydrogen-bond donors (Lipinski definition) is 0. The second-order valence-electron chi connectivity index (χ2n) is 21.4. The van der Waals surface area contributed by atoms with Crippen LogP contribution in [-0.2, 0) is 28.6 Å². The minimum absolute atomic E-state index is 0.0637. The molecule has 0 saturated heterocycles. The summed E-state index contributed by atoms with van der Waals surface area (Å²) in [4.78, 5) is 38.1. The number of rotatable bonds is 51. The van der Waals surface area contributed by atoms with E-state index in [0.717, 1.165) is 75.5 Å². The van der Waals surface area contributed by atoms with Gasteiger partial charge in [0.1, 0.15) is 13.2 Å². The lowest BCUT2D eigenvalue weighted by Crippen LogP contribution is -2.30. The highest BCUT2D eigenvalue weighted by Crippen LogP contribution is 2.18. The van der Waals surface area contributed by atoms with Crippen molar-refractivity contribution in [3.8, 4) is 0 Å². The van der Waals surface area contributed by atoms with Crippen LogP contribution in [0.4, 0.5) is 0 Å². The molecule has 0 radical (unpaired) electrons. The van der Waals surface area contributed by atoms with E-state index in [1.165, 1.54) is 199 Å². The van der Waals surface area contributed by atoms with Gasteiger partial charge in [0.05, 0.1) is 0 Å². The molecule has 6 heteroatoms. The third kappa shape index (κ3) is 51.4. The minimum Gasteiger partial charge on any atom is -0.462 e. The molecule has 1 atom stereocenters. The van der Waals surface area contributed by atoms with Crippen molar-refractivity contribution in [2.75, 3.05) is 13.2 Å². The predicted octanol–water partition coefficient (Wildman–Crippen LogP) is 18.7. The minimum atomic E-state index is -0.763. The number of esters is 3. The van der Waals surface area contributed by atoms with Gasteiger partial charge in [0, 0.05) is 19.3 Å². The molecule has 0 spiro atoms. The first-order chi connectivity index (χ1) is 31.1. The Morgan fingerprint density at radius 3 is 0.672 bits per heavy atom. The van der Waals surface area contributed by atoms with Crippen molar-refractivity contribution >= 4 is 17.9 Å². The smallest absolute Gasteiger partial charge is 0.306 e. The van der Waals surface area contributed by atoms with Crippen molar-refractivity contribution in [1.29, 1.82) is 0 Å². The van der Waals surface area contributed by atoms with Gasteiger partial charge < -0.3 is 14.2 Å². The Hall–Kier alpha value is -1.59. The Balaban J connectivity index is 4.28. The molecule has 0 aliphatic carbocycles. The van der Waals surface area contributed by atoms with Crippen LogP contribution < -0.4 is 0 Å². The molecular weight excluding hydrogens is 793 g/mol. The maximum absolute atomic E-state index is 12.8. The number of hydrogen-bond acceptors (Lipinski definition) is 6. The van der Waals surface area contributed by atoms with Gasteiger partial charge in [0.25, 0.3) is 0 Å². The molecule has 0 aromatic heterocycles.